The largest absolute Gasteiger partial charge is 0.445 e. The Morgan fingerprint density at radius 1 is 1.22 bits per heavy atom. The van der Waals surface area contributed by atoms with Gasteiger partial charge in [0.05, 0.1) is 16.6 Å². The lowest BCUT2D eigenvalue weighted by atomic mass is 10.0. The van der Waals surface area contributed by atoms with Crippen molar-refractivity contribution in [2.24, 2.45) is 0 Å². The van der Waals surface area contributed by atoms with Crippen LogP contribution in [0.5, 0.6) is 0 Å². The Balaban J connectivity index is 1.83. The zero-order valence-corrected chi connectivity index (χ0v) is 14.2. The smallest absolute Gasteiger partial charge is 0.407 e. The number of aliphatic hydroxyl groups is 2. The maximum Gasteiger partial charge on any atom is 0.407 e. The van der Waals surface area contributed by atoms with E-state index in [2.05, 4.69) is 5.32 Å². The highest BCUT2D eigenvalue weighted by Crippen LogP contribution is 2.28. The molecule has 1 amide bonds. The van der Waals surface area contributed by atoms with Gasteiger partial charge in [0.2, 0.25) is 0 Å². The second-order valence-corrected chi connectivity index (χ2v) is 5.75. The molecule has 9 heteroatoms. The molecule has 0 aliphatic heterocycles. The van der Waals surface area contributed by atoms with Crippen LogP contribution in [0.2, 0.25) is 0 Å². The van der Waals surface area contributed by atoms with E-state index in [1.165, 1.54) is 0 Å². The number of alkyl carbamates (subject to hydrolysis) is 1. The molecule has 0 aliphatic rings. The lowest BCUT2D eigenvalue weighted by Crippen LogP contribution is -2.30. The Morgan fingerprint density at radius 3 is 2.59 bits per heavy atom. The molecule has 0 fully saturated rings. The molecule has 27 heavy (non-hydrogen) atoms. The summed E-state index contributed by atoms with van der Waals surface area (Å²) in [5.74, 6) is -0.774. The van der Waals surface area contributed by atoms with E-state index in [4.69, 9.17) is 4.74 Å². The number of hydrogen-bond acceptors (Lipinski definition) is 6. The van der Waals surface area contributed by atoms with Crippen molar-refractivity contribution >= 4 is 11.8 Å². The zero-order valence-electron chi connectivity index (χ0n) is 14.2. The molecule has 2 atom stereocenters. The summed E-state index contributed by atoms with van der Waals surface area (Å²) >= 11 is 0. The van der Waals surface area contributed by atoms with E-state index < -0.39 is 34.7 Å². The van der Waals surface area contributed by atoms with Crippen LogP contribution in [-0.2, 0) is 11.3 Å². The van der Waals surface area contributed by atoms with Gasteiger partial charge < -0.3 is 20.3 Å². The van der Waals surface area contributed by atoms with E-state index in [9.17, 15) is 29.5 Å². The minimum Gasteiger partial charge on any atom is -0.445 e. The fraction of sp³-hybridized carbons (Fsp3) is 0.278. The summed E-state index contributed by atoms with van der Waals surface area (Å²) in [7, 11) is 0. The van der Waals surface area contributed by atoms with Gasteiger partial charge in [-0.2, -0.15) is 0 Å². The summed E-state index contributed by atoms with van der Waals surface area (Å²) in [6, 6.07) is 11.6. The van der Waals surface area contributed by atoms with Crippen molar-refractivity contribution in [1.82, 2.24) is 5.32 Å². The van der Waals surface area contributed by atoms with Gasteiger partial charge in [-0.15, -0.1) is 0 Å². The molecule has 0 saturated carbocycles. The van der Waals surface area contributed by atoms with Crippen LogP contribution in [0.25, 0.3) is 0 Å². The number of halogens is 1. The number of benzene rings is 2. The fourth-order valence-electron chi connectivity index (χ4n) is 2.39. The van der Waals surface area contributed by atoms with Crippen molar-refractivity contribution in [1.29, 1.82) is 0 Å². The third-order valence-corrected chi connectivity index (χ3v) is 3.79. The summed E-state index contributed by atoms with van der Waals surface area (Å²) in [6.07, 6.45) is -3.95. The number of aliphatic hydroxyl groups excluding tert-OH is 2. The Morgan fingerprint density at radius 2 is 1.93 bits per heavy atom. The highest BCUT2D eigenvalue weighted by molar-refractivity contribution is 5.67. The van der Waals surface area contributed by atoms with E-state index in [1.54, 1.807) is 24.3 Å². The van der Waals surface area contributed by atoms with E-state index in [0.29, 0.717) is 0 Å². The Hall–Kier alpha value is -3.04. The average molecular weight is 378 g/mol. The molecule has 2 aromatic carbocycles. The standard InChI is InChI=1S/C18H19FN2O6/c19-13-6-7-15(21(25)26)14(10-13)17(23)16(22)8-9-20-18(24)27-11-12-4-2-1-3-5-12/h1-7,10,16-17,22-23H,8-9,11H2,(H,20,24). The Labute approximate surface area is 154 Å². The summed E-state index contributed by atoms with van der Waals surface area (Å²) in [6.45, 7) is 0.0301. The number of hydrogen-bond donors (Lipinski definition) is 3. The van der Waals surface area contributed by atoms with Gasteiger partial charge in [-0.05, 0) is 24.1 Å². The third kappa shape index (κ3) is 6.01. The normalized spacial score (nSPS) is 12.9. The molecule has 0 saturated heterocycles. The quantitative estimate of drug-likeness (QED) is 0.479. The van der Waals surface area contributed by atoms with Crippen LogP contribution in [0.3, 0.4) is 0 Å². The van der Waals surface area contributed by atoms with E-state index in [1.807, 2.05) is 6.07 Å². The number of nitro groups is 1. The summed E-state index contributed by atoms with van der Waals surface area (Å²) in [5, 5.41) is 33.5. The van der Waals surface area contributed by atoms with E-state index in [0.717, 1.165) is 23.8 Å². The van der Waals surface area contributed by atoms with Crippen molar-refractivity contribution in [2.45, 2.75) is 25.2 Å². The first-order chi connectivity index (χ1) is 12.9. The van der Waals surface area contributed by atoms with E-state index >= 15 is 0 Å². The molecule has 0 radical (unpaired) electrons. The molecule has 3 N–H and O–H groups in total. The summed E-state index contributed by atoms with van der Waals surface area (Å²) < 4.78 is 18.3. The summed E-state index contributed by atoms with van der Waals surface area (Å²) in [5.41, 5.74) is -0.0288. The SMILES string of the molecule is O=C(NCCC(O)C(O)c1cc(F)ccc1[N+](=O)[O-])OCc1ccccc1. The molecule has 0 bridgehead atoms. The molecule has 0 heterocycles. The second kappa shape index (κ2) is 9.60. The van der Waals surface area contributed by atoms with Gasteiger partial charge in [-0.1, -0.05) is 30.3 Å². The third-order valence-electron chi connectivity index (χ3n) is 3.79. The molecule has 0 spiro atoms. The number of rotatable bonds is 8. The van der Waals surface area contributed by atoms with Crippen LogP contribution in [-0.4, -0.2) is 33.9 Å². The number of nitrogens with zero attached hydrogens (tertiary/aromatic N) is 1. The predicted molar refractivity (Wildman–Crippen MR) is 93.3 cm³/mol. The number of nitro benzene ring substituents is 1. The van der Waals surface area contributed by atoms with Gasteiger partial charge in [-0.3, -0.25) is 10.1 Å². The number of nitrogens with one attached hydrogen (secondary N) is 1. The monoisotopic (exact) mass is 378 g/mol. The topological polar surface area (TPSA) is 122 Å². The molecular formula is C18H19FN2O6. The van der Waals surface area contributed by atoms with Gasteiger partial charge in [0.15, 0.2) is 0 Å². The molecule has 0 aliphatic carbocycles. The van der Waals surface area contributed by atoms with Crippen molar-refractivity contribution < 1.29 is 29.1 Å². The Kier molecular flexibility index (Phi) is 7.21. The van der Waals surface area contributed by atoms with Gasteiger partial charge in [0, 0.05) is 12.6 Å². The van der Waals surface area contributed by atoms with Gasteiger partial charge in [0.1, 0.15) is 18.5 Å². The van der Waals surface area contributed by atoms with Crippen LogP contribution in [0, 0.1) is 15.9 Å². The Bertz CT molecular complexity index is 787. The number of carbonyl (C=O) groups excluding carboxylic acids is 1. The van der Waals surface area contributed by atoms with E-state index in [-0.39, 0.29) is 25.1 Å². The first kappa shape index (κ1) is 20.3. The highest BCUT2D eigenvalue weighted by atomic mass is 19.1. The minimum atomic E-state index is -1.68. The van der Waals surface area contributed by atoms with Crippen molar-refractivity contribution in [3.8, 4) is 0 Å². The molecular weight excluding hydrogens is 359 g/mol. The van der Waals surface area contributed by atoms with Crippen LogP contribution in [0.15, 0.2) is 48.5 Å². The lowest BCUT2D eigenvalue weighted by molar-refractivity contribution is -0.386. The highest BCUT2D eigenvalue weighted by Gasteiger charge is 2.26. The molecule has 2 unspecified atom stereocenters. The number of amides is 1. The fourth-order valence-corrected chi connectivity index (χ4v) is 2.39. The lowest BCUT2D eigenvalue weighted by Gasteiger charge is -2.18. The molecule has 2 rings (SSSR count). The van der Waals surface area contributed by atoms with Crippen LogP contribution in [0.4, 0.5) is 14.9 Å². The van der Waals surface area contributed by atoms with Crippen molar-refractivity contribution in [2.75, 3.05) is 6.54 Å². The second-order valence-electron chi connectivity index (χ2n) is 5.75. The van der Waals surface area contributed by atoms with Crippen LogP contribution in [0.1, 0.15) is 23.7 Å². The number of carbonyl (C=O) groups is 1. The molecule has 144 valence electrons. The van der Waals surface area contributed by atoms with Crippen molar-refractivity contribution in [3.63, 3.8) is 0 Å². The van der Waals surface area contributed by atoms with Gasteiger partial charge in [0.25, 0.3) is 5.69 Å². The molecule has 0 aromatic heterocycles. The minimum absolute atomic E-state index is 0.0467. The molecule has 2 aromatic rings. The number of ether oxygens (including phenoxy) is 1. The van der Waals surface area contributed by atoms with Crippen molar-refractivity contribution in [3.05, 3.63) is 75.6 Å². The maximum atomic E-state index is 13.3. The first-order valence-electron chi connectivity index (χ1n) is 8.13. The van der Waals surface area contributed by atoms with Crippen LogP contribution >= 0.6 is 0 Å². The molecule has 8 nitrogen and oxygen atoms in total. The van der Waals surface area contributed by atoms with Crippen LogP contribution < -0.4 is 5.32 Å². The van der Waals surface area contributed by atoms with Gasteiger partial charge in [-0.25, -0.2) is 9.18 Å². The zero-order chi connectivity index (χ0) is 19.8. The predicted octanol–water partition coefficient (Wildman–Crippen LogP) is 2.44. The maximum absolute atomic E-state index is 13.3. The van der Waals surface area contributed by atoms with Gasteiger partial charge >= 0.3 is 6.09 Å². The summed E-state index contributed by atoms with van der Waals surface area (Å²) in [4.78, 5) is 21.8. The first-order valence-corrected chi connectivity index (χ1v) is 8.13. The average Bonchev–Trinajstić information content (AvgIpc) is 2.66.